The molecule has 4 heteroatoms. The normalized spacial score (nSPS) is 11.3. The molecule has 3 N–H and O–H groups in total. The molecule has 0 unspecified atom stereocenters. The summed E-state index contributed by atoms with van der Waals surface area (Å²) in [5.74, 6) is -0.176. The zero-order chi connectivity index (χ0) is 13.1. The van der Waals surface area contributed by atoms with E-state index in [2.05, 4.69) is 0 Å². The van der Waals surface area contributed by atoms with Gasteiger partial charge in [-0.2, -0.15) is 0 Å². The summed E-state index contributed by atoms with van der Waals surface area (Å²) in [4.78, 5) is 11.0. The van der Waals surface area contributed by atoms with Gasteiger partial charge in [0.2, 0.25) is 0 Å². The molecule has 1 aromatic rings. The summed E-state index contributed by atoms with van der Waals surface area (Å²) in [5, 5.41) is 9.01. The van der Waals surface area contributed by atoms with Gasteiger partial charge in [-0.3, -0.25) is 4.79 Å². The lowest BCUT2D eigenvalue weighted by atomic mass is 9.95. The van der Waals surface area contributed by atoms with Crippen LogP contribution in [-0.2, 0) is 11.3 Å². The fourth-order valence-corrected chi connectivity index (χ4v) is 1.39. The molecule has 1 rings (SSSR count). The van der Waals surface area contributed by atoms with E-state index >= 15 is 0 Å². The van der Waals surface area contributed by atoms with E-state index in [1.165, 1.54) is 0 Å². The fraction of sp³-hybridized carbons (Fsp3) is 0.462. The van der Waals surface area contributed by atoms with Gasteiger partial charge in [0.15, 0.2) is 0 Å². The summed E-state index contributed by atoms with van der Waals surface area (Å²) in [6, 6.07) is 5.71. The average molecular weight is 237 g/mol. The highest BCUT2D eigenvalue weighted by Crippen LogP contribution is 2.25. The predicted octanol–water partition coefficient (Wildman–Crippen LogP) is 1.94. The van der Waals surface area contributed by atoms with E-state index in [9.17, 15) is 4.79 Å². The minimum atomic E-state index is -0.909. The largest absolute Gasteiger partial charge is 0.492 e. The molecule has 0 radical (unpaired) electrons. The number of nitrogens with two attached hydrogens (primary N) is 1. The van der Waals surface area contributed by atoms with Crippen LogP contribution in [0.4, 0.5) is 0 Å². The summed E-state index contributed by atoms with van der Waals surface area (Å²) in [6.45, 7) is 5.69. The number of hydrogen-bond acceptors (Lipinski definition) is 3. The minimum absolute atomic E-state index is 0.125. The second kappa shape index (κ2) is 5.19. The highest BCUT2D eigenvalue weighted by Gasteiger charge is 2.28. The molecule has 17 heavy (non-hydrogen) atoms. The van der Waals surface area contributed by atoms with E-state index in [0.29, 0.717) is 12.3 Å². The van der Waals surface area contributed by atoms with Gasteiger partial charge >= 0.3 is 5.97 Å². The molecule has 4 nitrogen and oxygen atoms in total. The SMILES string of the molecule is Cc1cccc(CN)c1OCC(C)(C)C(=O)O. The lowest BCUT2D eigenvalue weighted by Crippen LogP contribution is -2.31. The van der Waals surface area contributed by atoms with E-state index in [4.69, 9.17) is 15.6 Å². The molecule has 0 bridgehead atoms. The highest BCUT2D eigenvalue weighted by molar-refractivity contribution is 5.73. The maximum absolute atomic E-state index is 11.0. The number of para-hydroxylation sites is 1. The van der Waals surface area contributed by atoms with Crippen molar-refractivity contribution in [2.75, 3.05) is 6.61 Å². The van der Waals surface area contributed by atoms with Crippen LogP contribution in [0, 0.1) is 12.3 Å². The second-order valence-electron chi connectivity index (χ2n) is 4.74. The van der Waals surface area contributed by atoms with Gasteiger partial charge in [-0.25, -0.2) is 0 Å². The number of carboxylic acids is 1. The van der Waals surface area contributed by atoms with Gasteiger partial charge in [-0.15, -0.1) is 0 Å². The molecule has 0 aromatic heterocycles. The van der Waals surface area contributed by atoms with Crippen LogP contribution >= 0.6 is 0 Å². The molecule has 94 valence electrons. The van der Waals surface area contributed by atoms with Crippen LogP contribution in [0.3, 0.4) is 0 Å². The lowest BCUT2D eigenvalue weighted by Gasteiger charge is -2.21. The van der Waals surface area contributed by atoms with Gasteiger partial charge < -0.3 is 15.6 Å². The Kier molecular flexibility index (Phi) is 4.12. The Balaban J connectivity index is 2.86. The Morgan fingerprint density at radius 3 is 2.65 bits per heavy atom. The van der Waals surface area contributed by atoms with Crippen LogP contribution in [0.5, 0.6) is 5.75 Å². The summed E-state index contributed by atoms with van der Waals surface area (Å²) < 4.78 is 5.62. The van der Waals surface area contributed by atoms with Gasteiger partial charge in [0.05, 0.1) is 5.41 Å². The van der Waals surface area contributed by atoms with E-state index in [1.54, 1.807) is 13.8 Å². The topological polar surface area (TPSA) is 72.5 Å². The Hall–Kier alpha value is -1.55. The predicted molar refractivity (Wildman–Crippen MR) is 66.0 cm³/mol. The van der Waals surface area contributed by atoms with E-state index in [1.807, 2.05) is 25.1 Å². The maximum atomic E-state index is 11.0. The number of rotatable bonds is 5. The van der Waals surface area contributed by atoms with Gasteiger partial charge in [-0.1, -0.05) is 18.2 Å². The third-order valence-electron chi connectivity index (χ3n) is 2.67. The van der Waals surface area contributed by atoms with E-state index < -0.39 is 11.4 Å². The Morgan fingerprint density at radius 2 is 2.12 bits per heavy atom. The Morgan fingerprint density at radius 1 is 1.47 bits per heavy atom. The van der Waals surface area contributed by atoms with Crippen LogP contribution < -0.4 is 10.5 Å². The fourth-order valence-electron chi connectivity index (χ4n) is 1.39. The van der Waals surface area contributed by atoms with Crippen molar-refractivity contribution in [3.63, 3.8) is 0 Å². The number of ether oxygens (including phenoxy) is 1. The molecule has 0 saturated carbocycles. The molecule has 0 spiro atoms. The van der Waals surface area contributed by atoms with Crippen LogP contribution in [0.2, 0.25) is 0 Å². The molecule has 0 aliphatic carbocycles. The zero-order valence-corrected chi connectivity index (χ0v) is 10.5. The van der Waals surface area contributed by atoms with Gasteiger partial charge in [0.25, 0.3) is 0 Å². The first-order valence-electron chi connectivity index (χ1n) is 5.53. The number of benzene rings is 1. The molecule has 0 atom stereocenters. The number of hydrogen-bond donors (Lipinski definition) is 2. The molecule has 0 aliphatic heterocycles. The highest BCUT2D eigenvalue weighted by atomic mass is 16.5. The van der Waals surface area contributed by atoms with Gasteiger partial charge in [0.1, 0.15) is 12.4 Å². The number of carbonyl (C=O) groups is 1. The van der Waals surface area contributed by atoms with Crippen molar-refractivity contribution < 1.29 is 14.6 Å². The number of carboxylic acid groups (broad SMARTS) is 1. The standard InChI is InChI=1S/C13H19NO3/c1-9-5-4-6-10(7-14)11(9)17-8-13(2,3)12(15)16/h4-6H,7-8,14H2,1-3H3,(H,15,16). The Labute approximate surface area is 101 Å². The minimum Gasteiger partial charge on any atom is -0.492 e. The van der Waals surface area contributed by atoms with Crippen LogP contribution in [-0.4, -0.2) is 17.7 Å². The average Bonchev–Trinajstić information content (AvgIpc) is 2.26. The van der Waals surface area contributed by atoms with Crippen LogP contribution in [0.25, 0.3) is 0 Å². The van der Waals surface area contributed by atoms with Crippen molar-refractivity contribution >= 4 is 5.97 Å². The van der Waals surface area contributed by atoms with E-state index in [0.717, 1.165) is 11.1 Å². The first-order chi connectivity index (χ1) is 7.88. The summed E-state index contributed by atoms with van der Waals surface area (Å²) in [5.41, 5.74) is 6.58. The first kappa shape index (κ1) is 13.5. The van der Waals surface area contributed by atoms with Crippen molar-refractivity contribution in [2.24, 2.45) is 11.1 Å². The molecule has 0 fully saturated rings. The van der Waals surface area contributed by atoms with Gasteiger partial charge in [0, 0.05) is 12.1 Å². The van der Waals surface area contributed by atoms with E-state index in [-0.39, 0.29) is 6.61 Å². The lowest BCUT2D eigenvalue weighted by molar-refractivity contribution is -0.148. The third kappa shape index (κ3) is 3.20. The monoisotopic (exact) mass is 237 g/mol. The number of aryl methyl sites for hydroxylation is 1. The maximum Gasteiger partial charge on any atom is 0.312 e. The molecule has 0 aliphatic rings. The smallest absolute Gasteiger partial charge is 0.312 e. The van der Waals surface area contributed by atoms with Crippen molar-refractivity contribution in [3.8, 4) is 5.75 Å². The van der Waals surface area contributed by atoms with Crippen molar-refractivity contribution in [1.29, 1.82) is 0 Å². The third-order valence-corrected chi connectivity index (χ3v) is 2.67. The van der Waals surface area contributed by atoms with Gasteiger partial charge in [-0.05, 0) is 26.3 Å². The summed E-state index contributed by atoms with van der Waals surface area (Å²) in [6.07, 6.45) is 0. The molecule has 1 aromatic carbocycles. The molecular weight excluding hydrogens is 218 g/mol. The number of aliphatic carboxylic acids is 1. The van der Waals surface area contributed by atoms with Crippen molar-refractivity contribution in [1.82, 2.24) is 0 Å². The molecule has 0 amide bonds. The van der Waals surface area contributed by atoms with Crippen LogP contribution in [0.1, 0.15) is 25.0 Å². The second-order valence-corrected chi connectivity index (χ2v) is 4.74. The summed E-state index contributed by atoms with van der Waals surface area (Å²) in [7, 11) is 0. The molecule has 0 saturated heterocycles. The molecular formula is C13H19NO3. The zero-order valence-electron chi connectivity index (χ0n) is 10.5. The quantitative estimate of drug-likeness (QED) is 0.821. The first-order valence-corrected chi connectivity index (χ1v) is 5.53. The Bertz CT molecular complexity index is 413. The van der Waals surface area contributed by atoms with Crippen LogP contribution in [0.15, 0.2) is 18.2 Å². The van der Waals surface area contributed by atoms with Crippen molar-refractivity contribution in [2.45, 2.75) is 27.3 Å². The molecule has 0 heterocycles. The van der Waals surface area contributed by atoms with Crippen molar-refractivity contribution in [3.05, 3.63) is 29.3 Å². The summed E-state index contributed by atoms with van der Waals surface area (Å²) >= 11 is 0.